The Labute approximate surface area is 140 Å². The summed E-state index contributed by atoms with van der Waals surface area (Å²) in [5.41, 5.74) is 2.27. The highest BCUT2D eigenvalue weighted by atomic mass is 79.9. The molecule has 0 atom stereocenters. The van der Waals surface area contributed by atoms with Crippen molar-refractivity contribution in [1.82, 2.24) is 4.90 Å². The number of benzene rings is 1. The Balaban J connectivity index is 1.75. The van der Waals surface area contributed by atoms with Crippen LogP contribution in [-0.4, -0.2) is 29.7 Å². The Hall–Kier alpha value is -1.29. The van der Waals surface area contributed by atoms with E-state index in [1.807, 2.05) is 25.7 Å². The highest BCUT2D eigenvalue weighted by molar-refractivity contribution is 9.11. The van der Waals surface area contributed by atoms with Gasteiger partial charge in [0.25, 0.3) is 0 Å². The topological polar surface area (TPSA) is 29.5 Å². The van der Waals surface area contributed by atoms with Gasteiger partial charge in [-0.15, -0.1) is 0 Å². The van der Waals surface area contributed by atoms with Crippen molar-refractivity contribution >= 4 is 28.1 Å². The van der Waals surface area contributed by atoms with Gasteiger partial charge in [-0.1, -0.05) is 40.2 Å². The first-order valence-electron chi connectivity index (χ1n) is 7.77. The number of allylic oxidation sites excluding steroid dienone is 1. The van der Waals surface area contributed by atoms with Crippen LogP contribution in [0.15, 0.2) is 28.7 Å². The van der Waals surface area contributed by atoms with E-state index in [0.29, 0.717) is 0 Å². The summed E-state index contributed by atoms with van der Waals surface area (Å²) in [6.45, 7) is 7.17. The van der Waals surface area contributed by atoms with Gasteiger partial charge in [-0.05, 0) is 50.8 Å². The summed E-state index contributed by atoms with van der Waals surface area (Å²) in [6, 6.07) is 8.54. The maximum atomic E-state index is 12.2. The molecule has 3 rings (SSSR count). The van der Waals surface area contributed by atoms with Gasteiger partial charge in [-0.2, -0.15) is 0 Å². The molecule has 1 aromatic carbocycles. The fraction of sp³-hybridized carbons (Fsp3) is 0.500. The lowest BCUT2D eigenvalue weighted by atomic mass is 9.74. The largest absolute Gasteiger partial charge is 0.444 e. The first kappa shape index (κ1) is 15.6. The predicted molar refractivity (Wildman–Crippen MR) is 92.1 cm³/mol. The average molecular weight is 364 g/mol. The van der Waals surface area contributed by atoms with Gasteiger partial charge >= 0.3 is 6.09 Å². The minimum Gasteiger partial charge on any atom is -0.444 e. The number of carbonyl (C=O) groups is 1. The van der Waals surface area contributed by atoms with Crippen molar-refractivity contribution in [1.29, 1.82) is 0 Å². The lowest BCUT2D eigenvalue weighted by molar-refractivity contribution is 0.0183. The minimum atomic E-state index is -0.438. The molecular formula is C18H22BrNO2. The maximum absolute atomic E-state index is 12.2. The summed E-state index contributed by atoms with van der Waals surface area (Å²) in [7, 11) is 0. The zero-order valence-corrected chi connectivity index (χ0v) is 14.9. The Morgan fingerprint density at radius 2 is 1.86 bits per heavy atom. The second-order valence-corrected chi connectivity index (χ2v) is 7.98. The van der Waals surface area contributed by atoms with Crippen LogP contribution in [0.3, 0.4) is 0 Å². The zero-order chi connectivity index (χ0) is 16.0. The van der Waals surface area contributed by atoms with E-state index in [1.54, 1.807) is 0 Å². The van der Waals surface area contributed by atoms with Crippen molar-refractivity contribution in [3.8, 4) is 0 Å². The van der Waals surface area contributed by atoms with Gasteiger partial charge in [0.05, 0.1) is 0 Å². The van der Waals surface area contributed by atoms with Crippen LogP contribution in [0.4, 0.5) is 4.79 Å². The van der Waals surface area contributed by atoms with Crippen LogP contribution in [-0.2, 0) is 10.2 Å². The van der Waals surface area contributed by atoms with E-state index in [0.717, 1.165) is 25.9 Å². The molecule has 2 aliphatic rings. The van der Waals surface area contributed by atoms with Gasteiger partial charge in [0, 0.05) is 23.0 Å². The molecule has 1 amide bonds. The molecule has 1 saturated heterocycles. The fourth-order valence-electron chi connectivity index (χ4n) is 3.37. The smallest absolute Gasteiger partial charge is 0.410 e. The van der Waals surface area contributed by atoms with E-state index in [2.05, 4.69) is 46.3 Å². The molecule has 1 aliphatic carbocycles. The molecule has 0 unspecified atom stereocenters. The molecule has 1 aliphatic heterocycles. The van der Waals surface area contributed by atoms with Crippen LogP contribution >= 0.6 is 15.9 Å². The molecule has 1 heterocycles. The van der Waals surface area contributed by atoms with Crippen LogP contribution < -0.4 is 0 Å². The number of carbonyl (C=O) groups excluding carboxylic acids is 1. The van der Waals surface area contributed by atoms with Crippen molar-refractivity contribution in [2.24, 2.45) is 0 Å². The van der Waals surface area contributed by atoms with Crippen molar-refractivity contribution < 1.29 is 9.53 Å². The average Bonchev–Trinajstić information content (AvgIpc) is 2.71. The summed E-state index contributed by atoms with van der Waals surface area (Å²) in [5, 5.41) is 0. The second kappa shape index (κ2) is 5.41. The number of amides is 1. The summed E-state index contributed by atoms with van der Waals surface area (Å²) in [4.78, 5) is 14.1. The minimum absolute atomic E-state index is 0.0368. The molecule has 4 heteroatoms. The normalized spacial score (nSPS) is 19.8. The summed E-state index contributed by atoms with van der Waals surface area (Å²) < 4.78 is 6.73. The summed E-state index contributed by atoms with van der Waals surface area (Å²) in [6.07, 6.45) is 3.88. The molecule has 0 N–H and O–H groups in total. The number of hydrogen-bond donors (Lipinski definition) is 0. The number of ether oxygens (including phenoxy) is 1. The van der Waals surface area contributed by atoms with Crippen LogP contribution in [0.2, 0.25) is 0 Å². The standard InChI is InChI=1S/C18H22BrNO2/c1-17(2,3)22-16(21)20-10-8-18(9-11-20)14-7-5-4-6-13(14)12-15(18)19/h4-7,12H,8-11H2,1-3H3. The maximum Gasteiger partial charge on any atom is 0.410 e. The Morgan fingerprint density at radius 1 is 1.23 bits per heavy atom. The Kier molecular flexibility index (Phi) is 3.84. The third-order valence-electron chi connectivity index (χ3n) is 4.48. The van der Waals surface area contributed by atoms with Crippen molar-refractivity contribution in [3.63, 3.8) is 0 Å². The van der Waals surface area contributed by atoms with Crippen molar-refractivity contribution in [3.05, 3.63) is 39.9 Å². The zero-order valence-electron chi connectivity index (χ0n) is 13.4. The van der Waals surface area contributed by atoms with E-state index in [-0.39, 0.29) is 11.5 Å². The highest BCUT2D eigenvalue weighted by Gasteiger charge is 2.44. The quantitative estimate of drug-likeness (QED) is 0.668. The number of halogens is 1. The molecule has 0 bridgehead atoms. The molecule has 0 aromatic heterocycles. The second-order valence-electron chi connectivity index (χ2n) is 7.13. The monoisotopic (exact) mass is 363 g/mol. The molecule has 118 valence electrons. The van der Waals surface area contributed by atoms with E-state index in [9.17, 15) is 4.79 Å². The van der Waals surface area contributed by atoms with E-state index >= 15 is 0 Å². The number of piperidine rings is 1. The summed E-state index contributed by atoms with van der Waals surface area (Å²) in [5.74, 6) is 0. The van der Waals surface area contributed by atoms with Crippen LogP contribution in [0.1, 0.15) is 44.7 Å². The number of hydrogen-bond acceptors (Lipinski definition) is 2. The SMILES string of the molecule is CC(C)(C)OC(=O)N1CCC2(CC1)C(Br)=Cc1ccccc12. The lowest BCUT2D eigenvalue weighted by Gasteiger charge is -2.41. The number of nitrogens with zero attached hydrogens (tertiary/aromatic N) is 1. The van der Waals surface area contributed by atoms with Gasteiger partial charge in [0.2, 0.25) is 0 Å². The molecule has 22 heavy (non-hydrogen) atoms. The van der Waals surface area contributed by atoms with Crippen LogP contribution in [0, 0.1) is 0 Å². The number of fused-ring (bicyclic) bond motifs is 2. The molecule has 0 saturated carbocycles. The van der Waals surface area contributed by atoms with Gasteiger partial charge in [0.15, 0.2) is 0 Å². The molecule has 1 spiro atoms. The first-order valence-corrected chi connectivity index (χ1v) is 8.56. The lowest BCUT2D eigenvalue weighted by Crippen LogP contribution is -2.46. The molecule has 1 aromatic rings. The van der Waals surface area contributed by atoms with Gasteiger partial charge < -0.3 is 9.64 Å². The van der Waals surface area contributed by atoms with Gasteiger partial charge in [0.1, 0.15) is 5.60 Å². The van der Waals surface area contributed by atoms with Crippen molar-refractivity contribution in [2.75, 3.05) is 13.1 Å². The van der Waals surface area contributed by atoms with Gasteiger partial charge in [-0.25, -0.2) is 4.79 Å². The molecule has 0 radical (unpaired) electrons. The van der Waals surface area contributed by atoms with Gasteiger partial charge in [-0.3, -0.25) is 0 Å². The molecule has 3 nitrogen and oxygen atoms in total. The van der Waals surface area contributed by atoms with E-state index in [1.165, 1.54) is 15.6 Å². The van der Waals surface area contributed by atoms with Crippen LogP contribution in [0.5, 0.6) is 0 Å². The van der Waals surface area contributed by atoms with Crippen molar-refractivity contribution in [2.45, 2.75) is 44.6 Å². The first-order chi connectivity index (χ1) is 10.3. The third-order valence-corrected chi connectivity index (χ3v) is 5.47. The number of rotatable bonds is 0. The molecular weight excluding hydrogens is 342 g/mol. The number of likely N-dealkylation sites (tertiary alicyclic amines) is 1. The van der Waals surface area contributed by atoms with E-state index < -0.39 is 5.60 Å². The molecule has 1 fully saturated rings. The van der Waals surface area contributed by atoms with Crippen LogP contribution in [0.25, 0.3) is 6.08 Å². The van der Waals surface area contributed by atoms with E-state index in [4.69, 9.17) is 4.74 Å². The summed E-state index contributed by atoms with van der Waals surface area (Å²) >= 11 is 3.77. The predicted octanol–water partition coefficient (Wildman–Crippen LogP) is 4.70. The Bertz CT molecular complexity index is 622. The highest BCUT2D eigenvalue weighted by Crippen LogP contribution is 2.51. The Morgan fingerprint density at radius 3 is 2.50 bits per heavy atom. The third kappa shape index (κ3) is 2.69. The fourth-order valence-corrected chi connectivity index (χ4v) is 4.22.